The van der Waals surface area contributed by atoms with Crippen LogP contribution in [0.5, 0.6) is 0 Å². The number of hydrogen-bond acceptors (Lipinski definition) is 1. The van der Waals surface area contributed by atoms with Gasteiger partial charge in [-0.15, -0.1) is 0 Å². The molecule has 0 spiro atoms. The average molecular weight is 132 g/mol. The maximum absolute atomic E-state index is 11.9. The molecule has 0 aromatic heterocycles. The quantitative estimate of drug-likeness (QED) is 0.620. The molecule has 1 N–H and O–H groups in total. The number of rotatable bonds is 4. The zero-order chi connectivity index (χ0) is 7.28. The summed E-state index contributed by atoms with van der Waals surface area (Å²) in [6.07, 6.45) is 1.10. The molecule has 0 fully saturated rings. The van der Waals surface area contributed by atoms with Gasteiger partial charge in [-0.3, -0.25) is 0 Å². The summed E-state index contributed by atoms with van der Waals surface area (Å²) in [5, 5.41) is 8.90. The lowest BCUT2D eigenvalue weighted by molar-refractivity contribution is 0.158. The number of aliphatic hydroxyl groups excluding tert-OH is 1. The standard InChI is InChI=1S/C7H13FO/c1-3-7(9)5-4-6(2)8/h7,9H,2-5H2,1H3/t7-/m1/s1. The Labute approximate surface area is 55.2 Å². The van der Waals surface area contributed by atoms with Gasteiger partial charge in [0.25, 0.3) is 0 Å². The van der Waals surface area contributed by atoms with Gasteiger partial charge in [-0.2, -0.15) is 0 Å². The number of hydrogen-bond donors (Lipinski definition) is 1. The van der Waals surface area contributed by atoms with Crippen LogP contribution >= 0.6 is 0 Å². The molecule has 54 valence electrons. The summed E-state index contributed by atoms with van der Waals surface area (Å²) in [6, 6.07) is 0. The van der Waals surface area contributed by atoms with Crippen molar-refractivity contribution >= 4 is 0 Å². The van der Waals surface area contributed by atoms with Crippen molar-refractivity contribution < 1.29 is 9.50 Å². The Kier molecular flexibility index (Phi) is 4.32. The third kappa shape index (κ3) is 5.50. The smallest absolute Gasteiger partial charge is 0.0929 e. The SMILES string of the molecule is C=C(F)CC[C@H](O)CC. The highest BCUT2D eigenvalue weighted by molar-refractivity contribution is 4.79. The zero-order valence-electron chi connectivity index (χ0n) is 5.73. The Balaban J connectivity index is 3.16. The molecule has 0 aromatic carbocycles. The van der Waals surface area contributed by atoms with Crippen molar-refractivity contribution in [3.05, 3.63) is 12.4 Å². The van der Waals surface area contributed by atoms with E-state index in [9.17, 15) is 4.39 Å². The minimum atomic E-state index is -0.363. The van der Waals surface area contributed by atoms with Crippen molar-refractivity contribution in [1.82, 2.24) is 0 Å². The first-order chi connectivity index (χ1) is 4.16. The summed E-state index contributed by atoms with van der Waals surface area (Å²) in [6.45, 7) is 4.95. The summed E-state index contributed by atoms with van der Waals surface area (Å²) < 4.78 is 11.9. The van der Waals surface area contributed by atoms with Gasteiger partial charge in [-0.25, -0.2) is 4.39 Å². The van der Waals surface area contributed by atoms with E-state index in [0.29, 0.717) is 12.8 Å². The van der Waals surface area contributed by atoms with Gasteiger partial charge in [0, 0.05) is 6.42 Å². The van der Waals surface area contributed by atoms with Crippen LogP contribution in [-0.2, 0) is 0 Å². The Bertz CT molecular complexity index is 90.9. The molecule has 0 amide bonds. The second-order valence-electron chi connectivity index (χ2n) is 2.12. The van der Waals surface area contributed by atoms with Crippen LogP contribution in [0.25, 0.3) is 0 Å². The molecular weight excluding hydrogens is 119 g/mol. The number of allylic oxidation sites excluding steroid dienone is 1. The molecule has 0 bridgehead atoms. The van der Waals surface area contributed by atoms with E-state index in [0.717, 1.165) is 0 Å². The Morgan fingerprint density at radius 2 is 2.33 bits per heavy atom. The van der Waals surface area contributed by atoms with E-state index in [-0.39, 0.29) is 18.4 Å². The first-order valence-corrected chi connectivity index (χ1v) is 3.18. The molecule has 0 saturated carbocycles. The van der Waals surface area contributed by atoms with Gasteiger partial charge in [0.15, 0.2) is 0 Å². The summed E-state index contributed by atoms with van der Waals surface area (Å²) >= 11 is 0. The van der Waals surface area contributed by atoms with E-state index in [4.69, 9.17) is 5.11 Å². The van der Waals surface area contributed by atoms with E-state index >= 15 is 0 Å². The molecule has 0 aromatic rings. The number of aliphatic hydroxyl groups is 1. The lowest BCUT2D eigenvalue weighted by Gasteiger charge is -2.03. The predicted molar refractivity (Wildman–Crippen MR) is 35.8 cm³/mol. The van der Waals surface area contributed by atoms with Crippen molar-refractivity contribution in [3.8, 4) is 0 Å². The monoisotopic (exact) mass is 132 g/mol. The second kappa shape index (κ2) is 4.50. The maximum atomic E-state index is 11.9. The van der Waals surface area contributed by atoms with E-state index < -0.39 is 0 Å². The highest BCUT2D eigenvalue weighted by Crippen LogP contribution is 2.07. The fraction of sp³-hybridized carbons (Fsp3) is 0.714. The molecule has 0 unspecified atom stereocenters. The molecule has 0 aliphatic carbocycles. The number of halogens is 1. The van der Waals surface area contributed by atoms with Gasteiger partial charge in [-0.05, 0) is 12.8 Å². The molecule has 0 saturated heterocycles. The van der Waals surface area contributed by atoms with Crippen molar-refractivity contribution in [2.24, 2.45) is 0 Å². The molecule has 0 aliphatic heterocycles. The van der Waals surface area contributed by atoms with E-state index in [2.05, 4.69) is 6.58 Å². The first-order valence-electron chi connectivity index (χ1n) is 3.18. The Morgan fingerprint density at radius 3 is 2.67 bits per heavy atom. The van der Waals surface area contributed by atoms with Gasteiger partial charge in [-0.1, -0.05) is 13.5 Å². The molecule has 1 atom stereocenters. The molecular formula is C7H13FO. The van der Waals surface area contributed by atoms with Crippen LogP contribution in [0.15, 0.2) is 12.4 Å². The molecule has 1 nitrogen and oxygen atoms in total. The molecule has 9 heavy (non-hydrogen) atoms. The van der Waals surface area contributed by atoms with Crippen LogP contribution in [-0.4, -0.2) is 11.2 Å². The normalized spacial score (nSPS) is 13.2. The third-order valence-electron chi connectivity index (χ3n) is 1.22. The third-order valence-corrected chi connectivity index (χ3v) is 1.22. The summed E-state index contributed by atoms with van der Waals surface area (Å²) in [7, 11) is 0. The second-order valence-corrected chi connectivity index (χ2v) is 2.12. The minimum Gasteiger partial charge on any atom is -0.393 e. The minimum absolute atomic E-state index is 0.287. The lowest BCUT2D eigenvalue weighted by Crippen LogP contribution is -2.03. The van der Waals surface area contributed by atoms with Crippen LogP contribution in [0.2, 0.25) is 0 Å². The molecule has 0 radical (unpaired) electrons. The van der Waals surface area contributed by atoms with Crippen LogP contribution in [0, 0.1) is 0 Å². The van der Waals surface area contributed by atoms with Crippen molar-refractivity contribution in [2.45, 2.75) is 32.3 Å². The molecule has 0 aliphatic rings. The lowest BCUT2D eigenvalue weighted by atomic mass is 10.1. The Hall–Kier alpha value is -0.370. The topological polar surface area (TPSA) is 20.2 Å². The van der Waals surface area contributed by atoms with E-state index in [1.165, 1.54) is 0 Å². The molecule has 0 heterocycles. The summed E-state index contributed by atoms with van der Waals surface area (Å²) in [4.78, 5) is 0. The van der Waals surface area contributed by atoms with Gasteiger partial charge >= 0.3 is 0 Å². The van der Waals surface area contributed by atoms with Gasteiger partial charge in [0.05, 0.1) is 11.9 Å². The van der Waals surface area contributed by atoms with Gasteiger partial charge < -0.3 is 5.11 Å². The predicted octanol–water partition coefficient (Wildman–Crippen LogP) is 2.02. The van der Waals surface area contributed by atoms with Gasteiger partial charge in [0.1, 0.15) is 0 Å². The molecule has 2 heteroatoms. The fourth-order valence-electron chi connectivity index (χ4n) is 0.527. The van der Waals surface area contributed by atoms with Gasteiger partial charge in [0.2, 0.25) is 0 Å². The zero-order valence-corrected chi connectivity index (χ0v) is 5.73. The van der Waals surface area contributed by atoms with E-state index in [1.807, 2.05) is 6.92 Å². The fourth-order valence-corrected chi connectivity index (χ4v) is 0.527. The summed E-state index contributed by atoms with van der Waals surface area (Å²) in [5.74, 6) is -0.345. The van der Waals surface area contributed by atoms with Crippen LogP contribution < -0.4 is 0 Å². The van der Waals surface area contributed by atoms with Crippen molar-refractivity contribution in [3.63, 3.8) is 0 Å². The summed E-state index contributed by atoms with van der Waals surface area (Å²) in [5.41, 5.74) is 0. The highest BCUT2D eigenvalue weighted by atomic mass is 19.1. The first kappa shape index (κ1) is 8.63. The Morgan fingerprint density at radius 1 is 1.78 bits per heavy atom. The average Bonchev–Trinajstić information content (AvgIpc) is 1.83. The molecule has 0 rings (SSSR count). The highest BCUT2D eigenvalue weighted by Gasteiger charge is 2.00. The van der Waals surface area contributed by atoms with Crippen molar-refractivity contribution in [1.29, 1.82) is 0 Å². The van der Waals surface area contributed by atoms with Crippen LogP contribution in [0.1, 0.15) is 26.2 Å². The van der Waals surface area contributed by atoms with E-state index in [1.54, 1.807) is 0 Å². The maximum Gasteiger partial charge on any atom is 0.0929 e. The van der Waals surface area contributed by atoms with Crippen molar-refractivity contribution in [2.75, 3.05) is 0 Å². The van der Waals surface area contributed by atoms with Crippen LogP contribution in [0.3, 0.4) is 0 Å². The largest absolute Gasteiger partial charge is 0.393 e. The van der Waals surface area contributed by atoms with Crippen LogP contribution in [0.4, 0.5) is 4.39 Å².